The van der Waals surface area contributed by atoms with Crippen molar-refractivity contribution >= 4 is 17.5 Å². The highest BCUT2D eigenvalue weighted by Gasteiger charge is 2.11. The quantitative estimate of drug-likeness (QED) is 0.364. The molecule has 0 saturated heterocycles. The van der Waals surface area contributed by atoms with Crippen molar-refractivity contribution in [3.8, 4) is 17.1 Å². The van der Waals surface area contributed by atoms with Crippen LogP contribution in [0.25, 0.3) is 11.4 Å². The summed E-state index contributed by atoms with van der Waals surface area (Å²) in [4.78, 5) is 33.1. The van der Waals surface area contributed by atoms with E-state index in [1.807, 2.05) is 28.8 Å². The molecule has 4 aromatic rings. The Bertz CT molecular complexity index is 1220. The number of aromatic amines is 1. The summed E-state index contributed by atoms with van der Waals surface area (Å²) in [5, 5.41) is 12.6. The molecule has 0 spiro atoms. The van der Waals surface area contributed by atoms with E-state index in [1.54, 1.807) is 50.1 Å². The molecule has 0 fully saturated rings. The fraction of sp³-hybridized carbons (Fsp3) is 0.174. The molecule has 0 saturated carbocycles. The van der Waals surface area contributed by atoms with Gasteiger partial charge in [-0.3, -0.25) is 14.7 Å². The second-order valence-electron chi connectivity index (χ2n) is 7.20. The van der Waals surface area contributed by atoms with Gasteiger partial charge in [-0.25, -0.2) is 9.97 Å². The molecule has 4 rings (SSSR count). The van der Waals surface area contributed by atoms with Crippen LogP contribution in [-0.2, 0) is 17.9 Å². The van der Waals surface area contributed by atoms with E-state index in [1.165, 1.54) is 0 Å². The highest BCUT2D eigenvalue weighted by Crippen LogP contribution is 2.19. The molecule has 0 aliphatic carbocycles. The Morgan fingerprint density at radius 2 is 2.00 bits per heavy atom. The fourth-order valence-corrected chi connectivity index (χ4v) is 3.12. The lowest BCUT2D eigenvalue weighted by molar-refractivity contribution is -0.116. The minimum Gasteiger partial charge on any atom is -0.497 e. The Balaban J connectivity index is 1.30. The highest BCUT2D eigenvalue weighted by atomic mass is 16.5. The van der Waals surface area contributed by atoms with Gasteiger partial charge in [0.15, 0.2) is 5.82 Å². The number of carbonyl (C=O) groups is 2. The van der Waals surface area contributed by atoms with Gasteiger partial charge in [0.05, 0.1) is 20.0 Å². The lowest BCUT2D eigenvalue weighted by Gasteiger charge is -2.08. The van der Waals surface area contributed by atoms with E-state index in [2.05, 4.69) is 30.8 Å². The number of amides is 2. The third kappa shape index (κ3) is 5.82. The van der Waals surface area contributed by atoms with E-state index in [9.17, 15) is 9.59 Å². The van der Waals surface area contributed by atoms with Gasteiger partial charge in [0, 0.05) is 42.2 Å². The topological polar surface area (TPSA) is 127 Å². The SMILES string of the molecule is COc1ccc(-c2n[nH]c(CNC(=O)c3cccc(NC(=O)CCn4ccnc4)c3)n2)cc1. The third-order valence-electron chi connectivity index (χ3n) is 4.86. The average Bonchev–Trinajstić information content (AvgIpc) is 3.54. The van der Waals surface area contributed by atoms with Crippen LogP contribution in [0, 0.1) is 0 Å². The molecule has 168 valence electrons. The Kier molecular flexibility index (Phi) is 6.74. The van der Waals surface area contributed by atoms with E-state index in [0.717, 1.165) is 11.3 Å². The van der Waals surface area contributed by atoms with Crippen molar-refractivity contribution in [3.05, 3.63) is 78.6 Å². The van der Waals surface area contributed by atoms with Gasteiger partial charge in [-0.2, -0.15) is 5.10 Å². The summed E-state index contributed by atoms with van der Waals surface area (Å²) in [5.41, 5.74) is 1.82. The van der Waals surface area contributed by atoms with Gasteiger partial charge in [-0.05, 0) is 42.5 Å². The van der Waals surface area contributed by atoms with Crippen LogP contribution in [0.1, 0.15) is 22.6 Å². The second-order valence-corrected chi connectivity index (χ2v) is 7.20. The van der Waals surface area contributed by atoms with Crippen molar-refractivity contribution in [3.63, 3.8) is 0 Å². The van der Waals surface area contributed by atoms with Crippen LogP contribution in [0.4, 0.5) is 5.69 Å². The Morgan fingerprint density at radius 1 is 1.15 bits per heavy atom. The standard InChI is InChI=1S/C23H23N7O3/c1-33-19-7-5-16(6-8-19)22-27-20(28-29-22)14-25-23(32)17-3-2-4-18(13-17)26-21(31)9-11-30-12-10-24-15-30/h2-8,10,12-13,15H,9,11,14H2,1H3,(H,25,32)(H,26,31)(H,27,28,29). The first-order valence-corrected chi connectivity index (χ1v) is 10.3. The molecule has 2 aromatic carbocycles. The zero-order valence-corrected chi connectivity index (χ0v) is 18.0. The van der Waals surface area contributed by atoms with Gasteiger partial charge in [0.2, 0.25) is 5.91 Å². The van der Waals surface area contributed by atoms with Gasteiger partial charge in [-0.15, -0.1) is 0 Å². The number of aryl methyl sites for hydroxylation is 1. The molecule has 10 nitrogen and oxygen atoms in total. The van der Waals surface area contributed by atoms with Crippen LogP contribution < -0.4 is 15.4 Å². The van der Waals surface area contributed by atoms with E-state index in [-0.39, 0.29) is 18.4 Å². The summed E-state index contributed by atoms with van der Waals surface area (Å²) in [6, 6.07) is 14.2. The number of imidazole rings is 1. The number of hydrogen-bond donors (Lipinski definition) is 3. The molecular weight excluding hydrogens is 422 g/mol. The van der Waals surface area contributed by atoms with Crippen molar-refractivity contribution in [1.82, 2.24) is 30.0 Å². The smallest absolute Gasteiger partial charge is 0.251 e. The number of methoxy groups -OCH3 is 1. The number of benzene rings is 2. The lowest BCUT2D eigenvalue weighted by Crippen LogP contribution is -2.23. The zero-order valence-electron chi connectivity index (χ0n) is 18.0. The van der Waals surface area contributed by atoms with Crippen molar-refractivity contribution in [2.45, 2.75) is 19.5 Å². The zero-order chi connectivity index (χ0) is 23.0. The Hall–Kier alpha value is -4.47. The minimum absolute atomic E-state index is 0.144. The number of nitrogens with one attached hydrogen (secondary N) is 3. The van der Waals surface area contributed by atoms with Crippen LogP contribution in [0.15, 0.2) is 67.3 Å². The van der Waals surface area contributed by atoms with Crippen LogP contribution in [-0.4, -0.2) is 43.7 Å². The average molecular weight is 445 g/mol. The summed E-state index contributed by atoms with van der Waals surface area (Å²) in [6.45, 7) is 0.713. The summed E-state index contributed by atoms with van der Waals surface area (Å²) in [6.07, 6.45) is 5.42. The molecule has 0 aliphatic heterocycles. The fourth-order valence-electron chi connectivity index (χ4n) is 3.12. The van der Waals surface area contributed by atoms with Crippen molar-refractivity contribution in [2.75, 3.05) is 12.4 Å². The molecule has 2 aromatic heterocycles. The van der Waals surface area contributed by atoms with Gasteiger partial charge >= 0.3 is 0 Å². The molecule has 0 atom stereocenters. The molecule has 33 heavy (non-hydrogen) atoms. The lowest BCUT2D eigenvalue weighted by atomic mass is 10.2. The minimum atomic E-state index is -0.285. The summed E-state index contributed by atoms with van der Waals surface area (Å²) in [7, 11) is 1.61. The summed E-state index contributed by atoms with van der Waals surface area (Å²) in [5.74, 6) is 1.37. The number of nitrogens with zero attached hydrogens (tertiary/aromatic N) is 4. The number of hydrogen-bond acceptors (Lipinski definition) is 6. The predicted octanol–water partition coefficient (Wildman–Crippen LogP) is 2.64. The summed E-state index contributed by atoms with van der Waals surface area (Å²) < 4.78 is 6.98. The maximum atomic E-state index is 12.6. The van der Waals surface area contributed by atoms with Crippen molar-refractivity contribution in [2.24, 2.45) is 0 Å². The monoisotopic (exact) mass is 445 g/mol. The van der Waals surface area contributed by atoms with E-state index < -0.39 is 0 Å². The molecule has 0 bridgehead atoms. The maximum Gasteiger partial charge on any atom is 0.251 e. The molecule has 10 heteroatoms. The molecular formula is C23H23N7O3. The predicted molar refractivity (Wildman–Crippen MR) is 121 cm³/mol. The van der Waals surface area contributed by atoms with E-state index >= 15 is 0 Å². The number of anilines is 1. The van der Waals surface area contributed by atoms with E-state index in [4.69, 9.17) is 4.74 Å². The number of rotatable bonds is 9. The largest absolute Gasteiger partial charge is 0.497 e. The molecule has 0 unspecified atom stereocenters. The van der Waals surface area contributed by atoms with Crippen LogP contribution >= 0.6 is 0 Å². The van der Waals surface area contributed by atoms with Crippen LogP contribution in [0.5, 0.6) is 5.75 Å². The number of carbonyl (C=O) groups excluding carboxylic acids is 2. The van der Waals surface area contributed by atoms with Crippen LogP contribution in [0.3, 0.4) is 0 Å². The highest BCUT2D eigenvalue weighted by molar-refractivity contribution is 5.97. The van der Waals surface area contributed by atoms with E-state index in [0.29, 0.717) is 35.9 Å². The molecule has 0 radical (unpaired) electrons. The molecule has 2 heterocycles. The molecule has 3 N–H and O–H groups in total. The van der Waals surface area contributed by atoms with Crippen molar-refractivity contribution in [1.29, 1.82) is 0 Å². The Morgan fingerprint density at radius 3 is 2.76 bits per heavy atom. The first kappa shape index (κ1) is 21.8. The normalized spacial score (nSPS) is 10.6. The second kappa shape index (κ2) is 10.2. The van der Waals surface area contributed by atoms with Gasteiger partial charge < -0.3 is 19.9 Å². The number of ether oxygens (including phenoxy) is 1. The maximum absolute atomic E-state index is 12.6. The van der Waals surface area contributed by atoms with Gasteiger partial charge in [-0.1, -0.05) is 6.07 Å². The first-order valence-electron chi connectivity index (χ1n) is 10.3. The van der Waals surface area contributed by atoms with Gasteiger partial charge in [0.25, 0.3) is 5.91 Å². The first-order chi connectivity index (χ1) is 16.1. The van der Waals surface area contributed by atoms with Gasteiger partial charge in [0.1, 0.15) is 11.6 Å². The van der Waals surface area contributed by atoms with Crippen LogP contribution in [0.2, 0.25) is 0 Å². The number of H-pyrrole nitrogens is 1. The molecule has 2 amide bonds. The third-order valence-corrected chi connectivity index (χ3v) is 4.86. The molecule has 0 aliphatic rings. The van der Waals surface area contributed by atoms with Crippen molar-refractivity contribution < 1.29 is 14.3 Å². The number of aromatic nitrogens is 5. The summed E-state index contributed by atoms with van der Waals surface area (Å²) >= 11 is 0. The Labute approximate surface area is 190 Å².